The van der Waals surface area contributed by atoms with E-state index in [1.807, 2.05) is 48.5 Å². The minimum absolute atomic E-state index is 0.0155. The molecule has 2 amide bonds. The topological polar surface area (TPSA) is 124 Å². The Balaban J connectivity index is 1.57. The first-order chi connectivity index (χ1) is 17.7. The van der Waals surface area contributed by atoms with Gasteiger partial charge in [-0.05, 0) is 41.3 Å². The van der Waals surface area contributed by atoms with Crippen molar-refractivity contribution >= 4 is 34.9 Å². The number of nitro groups is 1. The number of carbonyl (C=O) groups is 4. The molecule has 0 radical (unpaired) electrons. The Hall–Kier alpha value is -4.66. The number of nitrogens with zero attached hydrogens (tertiary/aromatic N) is 2. The summed E-state index contributed by atoms with van der Waals surface area (Å²) in [7, 11) is 0. The molecule has 3 aliphatic carbocycles. The smallest absolute Gasteiger partial charge is 0.313 e. The Morgan fingerprint density at radius 2 is 1.51 bits per heavy atom. The molecular formula is C28H20N2O7. The lowest BCUT2D eigenvalue weighted by molar-refractivity contribution is -0.385. The second-order valence-corrected chi connectivity index (χ2v) is 9.53. The van der Waals surface area contributed by atoms with Gasteiger partial charge in [-0.1, -0.05) is 48.5 Å². The first-order valence-corrected chi connectivity index (χ1v) is 11.7. The Bertz CT molecular complexity index is 1530. The van der Waals surface area contributed by atoms with Crippen molar-refractivity contribution in [3.05, 3.63) is 99.1 Å². The highest BCUT2D eigenvalue weighted by Crippen LogP contribution is 2.64. The molecule has 37 heavy (non-hydrogen) atoms. The summed E-state index contributed by atoms with van der Waals surface area (Å²) in [6.45, 7) is 2.55. The molecule has 7 rings (SSSR count). The van der Waals surface area contributed by atoms with Crippen LogP contribution in [0.5, 0.6) is 5.75 Å². The van der Waals surface area contributed by atoms with Gasteiger partial charge in [0.1, 0.15) is 5.78 Å². The van der Waals surface area contributed by atoms with Crippen LogP contribution in [0.3, 0.4) is 0 Å². The number of hydrogen-bond donors (Lipinski definition) is 0. The van der Waals surface area contributed by atoms with Crippen LogP contribution in [0.2, 0.25) is 0 Å². The monoisotopic (exact) mass is 496 g/mol. The van der Waals surface area contributed by atoms with Crippen molar-refractivity contribution in [1.29, 1.82) is 0 Å². The molecule has 2 atom stereocenters. The van der Waals surface area contributed by atoms with Crippen molar-refractivity contribution < 1.29 is 28.8 Å². The van der Waals surface area contributed by atoms with Gasteiger partial charge < -0.3 is 4.74 Å². The fourth-order valence-corrected chi connectivity index (χ4v) is 6.65. The normalized spacial score (nSPS) is 24.8. The van der Waals surface area contributed by atoms with E-state index in [4.69, 9.17) is 4.74 Å². The average Bonchev–Trinajstić information content (AvgIpc) is 3.14. The molecule has 3 aromatic rings. The molecule has 9 heteroatoms. The van der Waals surface area contributed by atoms with Crippen molar-refractivity contribution in [2.75, 3.05) is 4.90 Å². The Morgan fingerprint density at radius 3 is 2.05 bits per heavy atom. The molecule has 2 bridgehead atoms. The summed E-state index contributed by atoms with van der Waals surface area (Å²) in [5.41, 5.74) is 1.15. The molecule has 4 aliphatic rings. The maximum absolute atomic E-state index is 14.1. The summed E-state index contributed by atoms with van der Waals surface area (Å²) in [6.07, 6.45) is 0. The molecule has 0 aromatic heterocycles. The Kier molecular flexibility index (Phi) is 4.72. The van der Waals surface area contributed by atoms with Crippen LogP contribution in [0.1, 0.15) is 42.0 Å². The number of hydrogen-bond acceptors (Lipinski definition) is 7. The summed E-state index contributed by atoms with van der Waals surface area (Å²) < 4.78 is 4.94. The third-order valence-corrected chi connectivity index (χ3v) is 7.82. The predicted octanol–water partition coefficient (Wildman–Crippen LogP) is 3.66. The molecule has 1 aliphatic heterocycles. The van der Waals surface area contributed by atoms with Crippen molar-refractivity contribution in [2.45, 2.75) is 25.2 Å². The van der Waals surface area contributed by atoms with Gasteiger partial charge in [0.25, 0.3) is 0 Å². The molecule has 0 unspecified atom stereocenters. The number of imide groups is 1. The van der Waals surface area contributed by atoms with E-state index >= 15 is 0 Å². The van der Waals surface area contributed by atoms with Crippen molar-refractivity contribution in [3.63, 3.8) is 0 Å². The lowest BCUT2D eigenvalue weighted by atomic mass is 9.46. The number of nitro benzene ring substituents is 1. The van der Waals surface area contributed by atoms with Gasteiger partial charge in [-0.2, -0.15) is 0 Å². The van der Waals surface area contributed by atoms with Crippen LogP contribution in [0.25, 0.3) is 0 Å². The van der Waals surface area contributed by atoms with Crippen LogP contribution >= 0.6 is 0 Å². The van der Waals surface area contributed by atoms with Gasteiger partial charge in [-0.3, -0.25) is 29.3 Å². The molecule has 1 heterocycles. The highest BCUT2D eigenvalue weighted by molar-refractivity contribution is 6.25. The highest BCUT2D eigenvalue weighted by Gasteiger charge is 2.70. The molecule has 0 spiro atoms. The van der Waals surface area contributed by atoms with Gasteiger partial charge in [-0.15, -0.1) is 0 Å². The van der Waals surface area contributed by atoms with E-state index in [2.05, 4.69) is 0 Å². The van der Waals surface area contributed by atoms with E-state index < -0.39 is 51.6 Å². The molecule has 0 saturated carbocycles. The Labute approximate surface area is 210 Å². The minimum Gasteiger partial charge on any atom is -0.419 e. The van der Waals surface area contributed by atoms with Crippen LogP contribution in [0.15, 0.2) is 66.7 Å². The number of ether oxygens (including phenoxy) is 1. The number of Topliss-reactive ketones (excluding diaryl/α,β-unsaturated/α-hetero) is 1. The number of esters is 1. The quantitative estimate of drug-likeness (QED) is 0.177. The predicted molar refractivity (Wildman–Crippen MR) is 130 cm³/mol. The van der Waals surface area contributed by atoms with E-state index in [0.717, 1.165) is 29.0 Å². The van der Waals surface area contributed by atoms with E-state index in [-0.39, 0.29) is 17.2 Å². The lowest BCUT2D eigenvalue weighted by Gasteiger charge is -2.52. The molecule has 184 valence electrons. The number of anilines is 1. The second-order valence-electron chi connectivity index (χ2n) is 9.53. The largest absolute Gasteiger partial charge is 0.419 e. The first kappa shape index (κ1) is 22.8. The molecule has 3 aromatic carbocycles. The SMILES string of the molecule is CC(=O)Oc1ccc(N2C(=O)[C@@H]3C4c5ccccc5C(C(C)=O)(c5ccccc54)[C@@H]3C2=O)cc1[N+](=O)[O-]. The zero-order valence-corrected chi connectivity index (χ0v) is 19.8. The fraction of sp³-hybridized carbons (Fsp3) is 0.214. The highest BCUT2D eigenvalue weighted by atomic mass is 16.6. The lowest BCUT2D eigenvalue weighted by Crippen LogP contribution is -2.57. The van der Waals surface area contributed by atoms with Crippen LogP contribution in [0.4, 0.5) is 11.4 Å². The first-order valence-electron chi connectivity index (χ1n) is 11.7. The second kappa shape index (κ2) is 7.67. The summed E-state index contributed by atoms with van der Waals surface area (Å²) in [4.78, 5) is 65.1. The van der Waals surface area contributed by atoms with E-state index in [1.165, 1.54) is 19.1 Å². The number of carbonyl (C=O) groups excluding carboxylic acids is 4. The van der Waals surface area contributed by atoms with Crippen LogP contribution in [0, 0.1) is 22.0 Å². The summed E-state index contributed by atoms with van der Waals surface area (Å²) in [5.74, 6) is -4.70. The average molecular weight is 496 g/mol. The maximum Gasteiger partial charge on any atom is 0.313 e. The molecule has 1 saturated heterocycles. The summed E-state index contributed by atoms with van der Waals surface area (Å²) in [5, 5.41) is 11.7. The third kappa shape index (κ3) is 2.79. The fourth-order valence-electron chi connectivity index (χ4n) is 6.65. The van der Waals surface area contributed by atoms with E-state index in [1.54, 1.807) is 0 Å². The van der Waals surface area contributed by atoms with Gasteiger partial charge in [-0.25, -0.2) is 4.90 Å². The number of benzene rings is 3. The summed E-state index contributed by atoms with van der Waals surface area (Å²) in [6, 6.07) is 18.4. The van der Waals surface area contributed by atoms with E-state index in [0.29, 0.717) is 11.1 Å². The van der Waals surface area contributed by atoms with Gasteiger partial charge in [0.15, 0.2) is 0 Å². The number of ketones is 1. The van der Waals surface area contributed by atoms with Gasteiger partial charge in [0, 0.05) is 18.9 Å². The van der Waals surface area contributed by atoms with Crippen LogP contribution < -0.4 is 9.64 Å². The van der Waals surface area contributed by atoms with Crippen LogP contribution in [-0.2, 0) is 24.6 Å². The minimum atomic E-state index is -1.36. The molecular weight excluding hydrogens is 476 g/mol. The molecule has 9 nitrogen and oxygen atoms in total. The van der Waals surface area contributed by atoms with Gasteiger partial charge in [0.05, 0.1) is 27.9 Å². The van der Waals surface area contributed by atoms with Gasteiger partial charge in [0.2, 0.25) is 17.6 Å². The maximum atomic E-state index is 14.1. The van der Waals surface area contributed by atoms with Gasteiger partial charge >= 0.3 is 11.7 Å². The zero-order valence-electron chi connectivity index (χ0n) is 19.8. The Morgan fingerprint density at radius 1 is 0.919 bits per heavy atom. The standard InChI is InChI=1S/C28H20N2O7/c1-14(31)28-19-9-5-3-7-17(19)23(18-8-4-6-10-20(18)28)24-25(28)27(34)29(26(24)33)16-11-12-22(37-15(2)32)21(13-16)30(35)36/h3-13,23-25H,1-2H3/t23?,24-,25+,28?/m1/s1. The van der Waals surface area contributed by atoms with Crippen LogP contribution in [-0.4, -0.2) is 28.5 Å². The van der Waals surface area contributed by atoms with E-state index in [9.17, 15) is 29.3 Å². The van der Waals surface area contributed by atoms with Crippen molar-refractivity contribution in [1.82, 2.24) is 0 Å². The number of rotatable bonds is 4. The summed E-state index contributed by atoms with van der Waals surface area (Å²) >= 11 is 0. The zero-order chi connectivity index (χ0) is 26.2. The molecule has 0 N–H and O–H groups in total. The molecule has 1 fully saturated rings. The van der Waals surface area contributed by atoms with Crippen molar-refractivity contribution in [2.24, 2.45) is 11.8 Å². The third-order valence-electron chi connectivity index (χ3n) is 7.82. The van der Waals surface area contributed by atoms with Crippen molar-refractivity contribution in [3.8, 4) is 5.75 Å². The number of amides is 2.